The van der Waals surface area contributed by atoms with Gasteiger partial charge in [-0.05, 0) is 42.2 Å². The Bertz CT molecular complexity index is 1380. The maximum Gasteiger partial charge on any atom is 0.257 e. The average Bonchev–Trinajstić information content (AvgIpc) is 2.83. The van der Waals surface area contributed by atoms with Crippen LogP contribution in [0.15, 0.2) is 63.7 Å². The molecule has 3 N–H and O–H groups in total. The molecule has 9 heteroatoms. The molecule has 7 nitrogen and oxygen atoms in total. The standard InChI is InChI=1S/C25H22ClN3O4S/c1-33-19-11-13(9-10-17(19)30)20-21-16(7-4-8-18(21)31)27-23-22(20)24(32)29-25(28-23)34-12-14-5-2-3-6-15(14)26/h2-3,5-6,9-11,20,30H,4,7-8,12H2,1H3,(H2,27,28,29,32). The third kappa shape index (κ3) is 4.08. The van der Waals surface area contributed by atoms with Crippen LogP contribution in [0.1, 0.15) is 41.9 Å². The number of allylic oxidation sites excluding steroid dienone is 2. The van der Waals surface area contributed by atoms with Gasteiger partial charge in [-0.3, -0.25) is 9.59 Å². The van der Waals surface area contributed by atoms with Crippen molar-refractivity contribution in [3.8, 4) is 11.5 Å². The minimum atomic E-state index is -0.604. The Hall–Kier alpha value is -3.23. The highest BCUT2D eigenvalue weighted by Gasteiger charge is 2.38. The van der Waals surface area contributed by atoms with E-state index in [1.807, 2.05) is 24.3 Å². The molecule has 0 amide bonds. The highest BCUT2D eigenvalue weighted by molar-refractivity contribution is 7.98. The van der Waals surface area contributed by atoms with Crippen molar-refractivity contribution in [2.75, 3.05) is 12.4 Å². The molecule has 1 aliphatic heterocycles. The van der Waals surface area contributed by atoms with Crippen molar-refractivity contribution in [2.45, 2.75) is 36.1 Å². The predicted octanol–water partition coefficient (Wildman–Crippen LogP) is 4.99. The molecule has 5 rings (SSSR count). The average molecular weight is 496 g/mol. The molecule has 0 saturated carbocycles. The van der Waals surface area contributed by atoms with Crippen molar-refractivity contribution in [3.05, 3.63) is 85.8 Å². The first kappa shape index (κ1) is 22.6. The number of H-pyrrole nitrogens is 1. The summed E-state index contributed by atoms with van der Waals surface area (Å²) < 4.78 is 5.28. The zero-order valence-corrected chi connectivity index (χ0v) is 19.9. The highest BCUT2D eigenvalue weighted by atomic mass is 35.5. The Morgan fingerprint density at radius 2 is 2.03 bits per heavy atom. The molecule has 2 aromatic carbocycles. The molecule has 1 unspecified atom stereocenters. The third-order valence-electron chi connectivity index (χ3n) is 6.10. The monoisotopic (exact) mass is 495 g/mol. The van der Waals surface area contributed by atoms with Gasteiger partial charge in [0.2, 0.25) is 0 Å². The van der Waals surface area contributed by atoms with E-state index in [2.05, 4.69) is 10.3 Å². The number of carbonyl (C=O) groups is 1. The van der Waals surface area contributed by atoms with Crippen LogP contribution in [-0.2, 0) is 10.5 Å². The normalized spacial score (nSPS) is 17.1. The molecule has 34 heavy (non-hydrogen) atoms. The summed E-state index contributed by atoms with van der Waals surface area (Å²) in [5.41, 5.74) is 3.06. The maximum absolute atomic E-state index is 13.4. The van der Waals surface area contributed by atoms with E-state index in [1.54, 1.807) is 12.1 Å². The van der Waals surface area contributed by atoms with Gasteiger partial charge in [0.15, 0.2) is 22.4 Å². The summed E-state index contributed by atoms with van der Waals surface area (Å²) in [6.07, 6.45) is 1.87. The zero-order chi connectivity index (χ0) is 23.8. The predicted molar refractivity (Wildman–Crippen MR) is 132 cm³/mol. The number of benzene rings is 2. The molecule has 1 aromatic heterocycles. The van der Waals surface area contributed by atoms with Gasteiger partial charge >= 0.3 is 0 Å². The molecule has 0 radical (unpaired) electrons. The number of nitrogens with zero attached hydrogens (tertiary/aromatic N) is 1. The number of hydrogen-bond donors (Lipinski definition) is 3. The number of nitrogens with one attached hydrogen (secondary N) is 2. The smallest absolute Gasteiger partial charge is 0.257 e. The number of carbonyl (C=O) groups excluding carboxylic acids is 1. The van der Waals surface area contributed by atoms with Gasteiger partial charge in [0.1, 0.15) is 5.82 Å². The number of halogens is 1. The number of phenols is 1. The molecule has 0 bridgehead atoms. The molecule has 0 spiro atoms. The van der Waals surface area contributed by atoms with Crippen LogP contribution in [0.4, 0.5) is 5.82 Å². The summed E-state index contributed by atoms with van der Waals surface area (Å²) in [4.78, 5) is 33.9. The number of thioether (sulfide) groups is 1. The number of rotatable bonds is 5. The molecule has 3 aromatic rings. The van der Waals surface area contributed by atoms with E-state index in [0.717, 1.165) is 17.7 Å². The van der Waals surface area contributed by atoms with Crippen LogP contribution >= 0.6 is 23.4 Å². The van der Waals surface area contributed by atoms with E-state index in [0.29, 0.717) is 51.3 Å². The summed E-state index contributed by atoms with van der Waals surface area (Å²) in [7, 11) is 1.46. The van der Waals surface area contributed by atoms with Gasteiger partial charge in [0.25, 0.3) is 5.56 Å². The molecular weight excluding hydrogens is 474 g/mol. The quantitative estimate of drug-likeness (QED) is 0.338. The van der Waals surface area contributed by atoms with Crippen LogP contribution in [0.5, 0.6) is 11.5 Å². The van der Waals surface area contributed by atoms with Gasteiger partial charge in [0, 0.05) is 34.4 Å². The van der Waals surface area contributed by atoms with Crippen LogP contribution in [0.25, 0.3) is 0 Å². The number of methoxy groups -OCH3 is 1. The van der Waals surface area contributed by atoms with Crippen molar-refractivity contribution >= 4 is 35.0 Å². The number of ketones is 1. The van der Waals surface area contributed by atoms with Gasteiger partial charge in [-0.1, -0.05) is 47.6 Å². The van der Waals surface area contributed by atoms with E-state index >= 15 is 0 Å². The SMILES string of the molecule is COc1cc(C2C3=C(CCCC3=O)Nc3nc(SCc4ccccc4Cl)[nH]c(=O)c32)ccc1O. The summed E-state index contributed by atoms with van der Waals surface area (Å²) in [6, 6.07) is 12.4. The van der Waals surface area contributed by atoms with Crippen LogP contribution in [-0.4, -0.2) is 28.0 Å². The minimum Gasteiger partial charge on any atom is -0.504 e. The van der Waals surface area contributed by atoms with E-state index in [9.17, 15) is 14.7 Å². The first-order chi connectivity index (χ1) is 16.5. The fourth-order valence-electron chi connectivity index (χ4n) is 4.48. The Morgan fingerprint density at radius 3 is 2.82 bits per heavy atom. The van der Waals surface area contributed by atoms with Crippen molar-refractivity contribution in [1.29, 1.82) is 0 Å². The van der Waals surface area contributed by atoms with Crippen molar-refractivity contribution in [1.82, 2.24) is 9.97 Å². The Kier molecular flexibility index (Phi) is 6.10. The van der Waals surface area contributed by atoms with Gasteiger partial charge in [-0.2, -0.15) is 0 Å². The van der Waals surface area contributed by atoms with E-state index in [1.165, 1.54) is 24.9 Å². The highest BCUT2D eigenvalue weighted by Crippen LogP contribution is 2.45. The second kappa shape index (κ2) is 9.19. The van der Waals surface area contributed by atoms with E-state index in [4.69, 9.17) is 21.3 Å². The largest absolute Gasteiger partial charge is 0.504 e. The molecule has 0 fully saturated rings. The van der Waals surface area contributed by atoms with Crippen LogP contribution in [0, 0.1) is 0 Å². The van der Waals surface area contributed by atoms with Crippen molar-refractivity contribution in [2.24, 2.45) is 0 Å². The number of phenolic OH excluding ortho intramolecular Hbond substituents is 1. The van der Waals surface area contributed by atoms with Gasteiger partial charge < -0.3 is 20.1 Å². The van der Waals surface area contributed by atoms with Gasteiger partial charge in [-0.25, -0.2) is 4.98 Å². The number of aromatic hydroxyl groups is 1. The van der Waals surface area contributed by atoms with Crippen LogP contribution in [0.2, 0.25) is 5.02 Å². The number of Topliss-reactive ketones (excluding diaryl/α,β-unsaturated/α-hetero) is 1. The van der Waals surface area contributed by atoms with Crippen molar-refractivity contribution < 1.29 is 14.6 Å². The molecule has 0 saturated heterocycles. The molecule has 2 heterocycles. The van der Waals surface area contributed by atoms with E-state index < -0.39 is 5.92 Å². The molecule has 1 aliphatic carbocycles. The third-order valence-corrected chi connectivity index (χ3v) is 7.39. The summed E-state index contributed by atoms with van der Waals surface area (Å²) in [5, 5.41) is 14.5. The van der Waals surface area contributed by atoms with Gasteiger partial charge in [0.05, 0.1) is 12.7 Å². The number of hydrogen-bond acceptors (Lipinski definition) is 7. The molecule has 174 valence electrons. The lowest BCUT2D eigenvalue weighted by molar-refractivity contribution is -0.116. The lowest BCUT2D eigenvalue weighted by Crippen LogP contribution is -2.32. The topological polar surface area (TPSA) is 104 Å². The number of aromatic nitrogens is 2. The first-order valence-corrected chi connectivity index (χ1v) is 12.2. The summed E-state index contributed by atoms with van der Waals surface area (Å²) in [5.74, 6) is 0.658. The fourth-order valence-corrected chi connectivity index (χ4v) is 5.62. The molecule has 1 atom stereocenters. The summed E-state index contributed by atoms with van der Waals surface area (Å²) in [6.45, 7) is 0. The second-order valence-corrected chi connectivity index (χ2v) is 9.54. The molecule has 2 aliphatic rings. The summed E-state index contributed by atoms with van der Waals surface area (Å²) >= 11 is 7.65. The van der Waals surface area contributed by atoms with Crippen LogP contribution < -0.4 is 15.6 Å². The number of ether oxygens (including phenoxy) is 1. The first-order valence-electron chi connectivity index (χ1n) is 10.9. The second-order valence-electron chi connectivity index (χ2n) is 8.17. The number of fused-ring (bicyclic) bond motifs is 1. The Labute approximate surface area is 205 Å². The minimum absolute atomic E-state index is 0.00742. The van der Waals surface area contributed by atoms with E-state index in [-0.39, 0.29) is 22.8 Å². The van der Waals surface area contributed by atoms with Crippen molar-refractivity contribution in [3.63, 3.8) is 0 Å². The van der Waals surface area contributed by atoms with Gasteiger partial charge in [-0.15, -0.1) is 0 Å². The zero-order valence-electron chi connectivity index (χ0n) is 18.4. The molecular formula is C25H22ClN3O4S. The Morgan fingerprint density at radius 1 is 1.21 bits per heavy atom. The van der Waals surface area contributed by atoms with Crippen LogP contribution in [0.3, 0.4) is 0 Å². The fraction of sp³-hybridized carbons (Fsp3) is 0.240. The number of anilines is 1. The number of aromatic amines is 1. The maximum atomic E-state index is 13.4. The lowest BCUT2D eigenvalue weighted by atomic mass is 9.76. The Balaban J connectivity index is 1.59. The lowest BCUT2D eigenvalue weighted by Gasteiger charge is -2.33.